The largest absolute Gasteiger partial charge is 0.449 e. The molecule has 1 amide bonds. The van der Waals surface area contributed by atoms with Crippen molar-refractivity contribution in [3.8, 4) is 0 Å². The van der Waals surface area contributed by atoms with Crippen molar-refractivity contribution in [2.45, 2.75) is 32.3 Å². The number of nitrogens with zero attached hydrogens (tertiary/aromatic N) is 2. The average molecular weight is 326 g/mol. The van der Waals surface area contributed by atoms with E-state index >= 15 is 0 Å². The quantitative estimate of drug-likeness (QED) is 0.753. The number of fused-ring (bicyclic) bond motifs is 2. The summed E-state index contributed by atoms with van der Waals surface area (Å²) in [6.07, 6.45) is 1.50. The van der Waals surface area contributed by atoms with Crippen molar-refractivity contribution < 1.29 is 18.8 Å². The smallest absolute Gasteiger partial charge is 0.339 e. The van der Waals surface area contributed by atoms with E-state index in [1.807, 2.05) is 18.2 Å². The van der Waals surface area contributed by atoms with Gasteiger partial charge in [0.25, 0.3) is 5.91 Å². The number of carbonyl (C=O) groups excluding carboxylic acids is 2. The van der Waals surface area contributed by atoms with Gasteiger partial charge in [0.15, 0.2) is 5.60 Å². The first-order valence-electron chi connectivity index (χ1n) is 8.07. The summed E-state index contributed by atoms with van der Waals surface area (Å²) >= 11 is 0. The number of esters is 1. The summed E-state index contributed by atoms with van der Waals surface area (Å²) in [6, 6.07) is 7.43. The number of amides is 1. The number of hydrogen-bond donors (Lipinski definition) is 0. The Morgan fingerprint density at radius 2 is 2.08 bits per heavy atom. The Bertz CT molecular complexity index is 822. The van der Waals surface area contributed by atoms with Crippen molar-refractivity contribution in [3.63, 3.8) is 0 Å². The third-order valence-electron chi connectivity index (χ3n) is 4.92. The van der Waals surface area contributed by atoms with Gasteiger partial charge in [-0.2, -0.15) is 0 Å². The van der Waals surface area contributed by atoms with Gasteiger partial charge < -0.3 is 14.2 Å². The van der Waals surface area contributed by atoms with Crippen LogP contribution in [0.15, 0.2) is 28.8 Å². The maximum Gasteiger partial charge on any atom is 0.339 e. The predicted molar refractivity (Wildman–Crippen MR) is 84.7 cm³/mol. The second-order valence-corrected chi connectivity index (χ2v) is 6.46. The molecule has 6 nitrogen and oxygen atoms in total. The number of rotatable bonds is 1. The van der Waals surface area contributed by atoms with Crippen LogP contribution in [-0.4, -0.2) is 35.0 Å². The molecule has 6 heteroatoms. The number of aromatic nitrogens is 1. The number of benzene rings is 1. The number of likely N-dealkylation sites (tertiary alicyclic amines) is 1. The molecule has 2 aliphatic heterocycles. The fraction of sp³-hybridized carbons (Fsp3) is 0.389. The van der Waals surface area contributed by atoms with E-state index in [1.165, 1.54) is 0 Å². The SMILES string of the molecule is Cc1noc(C)c1C(=O)N1CCC[C@@]2(C1)OC(=O)c1ccccc12. The summed E-state index contributed by atoms with van der Waals surface area (Å²) in [7, 11) is 0. The molecule has 1 aromatic heterocycles. The highest BCUT2D eigenvalue weighted by Crippen LogP contribution is 2.43. The van der Waals surface area contributed by atoms with Gasteiger partial charge in [-0.3, -0.25) is 4.79 Å². The topological polar surface area (TPSA) is 72.6 Å². The Morgan fingerprint density at radius 3 is 2.83 bits per heavy atom. The number of ether oxygens (including phenoxy) is 1. The molecule has 124 valence electrons. The third-order valence-corrected chi connectivity index (χ3v) is 4.92. The molecule has 0 saturated carbocycles. The van der Waals surface area contributed by atoms with Crippen molar-refractivity contribution in [1.29, 1.82) is 0 Å². The first-order valence-corrected chi connectivity index (χ1v) is 8.07. The Morgan fingerprint density at radius 1 is 1.29 bits per heavy atom. The minimum atomic E-state index is -0.736. The molecular formula is C18H18N2O4. The van der Waals surface area contributed by atoms with Crippen LogP contribution in [0.5, 0.6) is 0 Å². The predicted octanol–water partition coefficient (Wildman–Crippen LogP) is 2.59. The van der Waals surface area contributed by atoms with Gasteiger partial charge in [0, 0.05) is 12.1 Å². The molecule has 1 spiro atoms. The standard InChI is InChI=1S/C18H18N2O4/c1-11-15(12(2)24-19-11)16(21)20-9-5-8-18(10-20)14-7-4-3-6-13(14)17(22)23-18/h3-4,6-7H,5,8-10H2,1-2H3/t18-/m0/s1. The van der Waals surface area contributed by atoms with Crippen molar-refractivity contribution in [3.05, 3.63) is 52.4 Å². The van der Waals surface area contributed by atoms with Crippen molar-refractivity contribution in [2.75, 3.05) is 13.1 Å². The summed E-state index contributed by atoms with van der Waals surface area (Å²) in [5.41, 5.74) is 1.83. The number of piperidine rings is 1. The summed E-state index contributed by atoms with van der Waals surface area (Å²) in [6.45, 7) is 4.48. The van der Waals surface area contributed by atoms with E-state index in [-0.39, 0.29) is 11.9 Å². The zero-order valence-corrected chi connectivity index (χ0v) is 13.7. The molecule has 0 unspecified atom stereocenters. The Labute approximate surface area is 139 Å². The van der Waals surface area contributed by atoms with Gasteiger partial charge in [-0.1, -0.05) is 23.4 Å². The first kappa shape index (κ1) is 14.9. The molecule has 4 rings (SSSR count). The normalized spacial score (nSPS) is 22.6. The lowest BCUT2D eigenvalue weighted by Gasteiger charge is -2.39. The van der Waals surface area contributed by atoms with E-state index in [9.17, 15) is 9.59 Å². The van der Waals surface area contributed by atoms with E-state index in [2.05, 4.69) is 5.16 Å². The molecule has 2 aromatic rings. The zero-order valence-electron chi connectivity index (χ0n) is 13.7. The van der Waals surface area contributed by atoms with Crippen LogP contribution in [0.1, 0.15) is 50.6 Å². The Balaban J connectivity index is 1.68. The Hall–Kier alpha value is -2.63. The molecule has 0 radical (unpaired) electrons. The molecule has 0 bridgehead atoms. The van der Waals surface area contributed by atoms with E-state index in [0.717, 1.165) is 18.4 Å². The number of aryl methyl sites for hydroxylation is 2. The highest BCUT2D eigenvalue weighted by Gasteiger charge is 2.49. The van der Waals surface area contributed by atoms with Crippen LogP contribution in [-0.2, 0) is 10.3 Å². The highest BCUT2D eigenvalue weighted by atomic mass is 16.6. The number of hydrogen-bond acceptors (Lipinski definition) is 5. The second-order valence-electron chi connectivity index (χ2n) is 6.46. The molecule has 2 aliphatic rings. The van der Waals surface area contributed by atoms with Gasteiger partial charge >= 0.3 is 5.97 Å². The van der Waals surface area contributed by atoms with E-state index in [0.29, 0.717) is 35.7 Å². The molecule has 1 saturated heterocycles. The third kappa shape index (κ3) is 2.06. The molecule has 1 aromatic carbocycles. The minimum absolute atomic E-state index is 0.120. The summed E-state index contributed by atoms with van der Waals surface area (Å²) in [5, 5.41) is 3.86. The van der Waals surface area contributed by atoms with Crippen LogP contribution in [0.25, 0.3) is 0 Å². The number of carbonyl (C=O) groups is 2. The second kappa shape index (κ2) is 5.19. The zero-order chi connectivity index (χ0) is 16.9. The summed E-state index contributed by atoms with van der Waals surface area (Å²) in [5.74, 6) is 0.0870. The van der Waals surface area contributed by atoms with Crippen molar-refractivity contribution in [2.24, 2.45) is 0 Å². The fourth-order valence-corrected chi connectivity index (χ4v) is 3.79. The lowest BCUT2D eigenvalue weighted by molar-refractivity contribution is -0.0442. The lowest BCUT2D eigenvalue weighted by atomic mass is 9.84. The summed E-state index contributed by atoms with van der Waals surface area (Å²) < 4.78 is 10.9. The van der Waals surface area contributed by atoms with E-state index < -0.39 is 5.60 Å². The van der Waals surface area contributed by atoms with Crippen LogP contribution in [0, 0.1) is 13.8 Å². The minimum Gasteiger partial charge on any atom is -0.449 e. The molecule has 1 fully saturated rings. The Kier molecular flexibility index (Phi) is 3.23. The van der Waals surface area contributed by atoms with Crippen molar-refractivity contribution in [1.82, 2.24) is 10.1 Å². The molecule has 0 N–H and O–H groups in total. The van der Waals surface area contributed by atoms with E-state index in [1.54, 1.807) is 24.8 Å². The van der Waals surface area contributed by atoms with Gasteiger partial charge in [0.1, 0.15) is 11.3 Å². The van der Waals surface area contributed by atoms with Gasteiger partial charge in [-0.15, -0.1) is 0 Å². The molecule has 1 atom stereocenters. The van der Waals surface area contributed by atoms with Crippen LogP contribution >= 0.6 is 0 Å². The summed E-state index contributed by atoms with van der Waals surface area (Å²) in [4.78, 5) is 26.9. The van der Waals surface area contributed by atoms with Gasteiger partial charge in [0.2, 0.25) is 0 Å². The monoisotopic (exact) mass is 326 g/mol. The van der Waals surface area contributed by atoms with Gasteiger partial charge in [-0.25, -0.2) is 4.79 Å². The highest BCUT2D eigenvalue weighted by molar-refractivity contribution is 5.97. The van der Waals surface area contributed by atoms with Gasteiger partial charge in [0.05, 0.1) is 17.8 Å². The molecule has 24 heavy (non-hydrogen) atoms. The van der Waals surface area contributed by atoms with E-state index in [4.69, 9.17) is 9.26 Å². The lowest BCUT2D eigenvalue weighted by Crippen LogP contribution is -2.49. The first-order chi connectivity index (χ1) is 11.5. The molecular weight excluding hydrogens is 308 g/mol. The average Bonchev–Trinajstić information content (AvgIpc) is 3.05. The maximum absolute atomic E-state index is 12.9. The molecule has 0 aliphatic carbocycles. The molecule has 3 heterocycles. The van der Waals surface area contributed by atoms with Crippen LogP contribution in [0.4, 0.5) is 0 Å². The van der Waals surface area contributed by atoms with Crippen LogP contribution in [0.3, 0.4) is 0 Å². The van der Waals surface area contributed by atoms with Crippen LogP contribution < -0.4 is 0 Å². The van der Waals surface area contributed by atoms with Gasteiger partial charge in [-0.05, 0) is 32.8 Å². The fourth-order valence-electron chi connectivity index (χ4n) is 3.79. The van der Waals surface area contributed by atoms with Crippen LogP contribution in [0.2, 0.25) is 0 Å². The maximum atomic E-state index is 12.9. The van der Waals surface area contributed by atoms with Crippen molar-refractivity contribution >= 4 is 11.9 Å².